The summed E-state index contributed by atoms with van der Waals surface area (Å²) in [5.74, 6) is -1.47. The summed E-state index contributed by atoms with van der Waals surface area (Å²) >= 11 is 0. The van der Waals surface area contributed by atoms with Crippen LogP contribution in [0.1, 0.15) is 29.0 Å². The number of carboxylic acid groups (broad SMARTS) is 1. The van der Waals surface area contributed by atoms with Crippen molar-refractivity contribution in [2.75, 3.05) is 0 Å². The summed E-state index contributed by atoms with van der Waals surface area (Å²) in [6, 6.07) is 20.0. The van der Waals surface area contributed by atoms with Gasteiger partial charge in [-0.15, -0.1) is 0 Å². The number of nitrogens with zero attached hydrogens (tertiary/aromatic N) is 4. The average molecular weight is 415 g/mol. The Morgan fingerprint density at radius 2 is 1.71 bits per heavy atom. The molecule has 0 aliphatic rings. The number of carbonyl (C=O) groups excluding carboxylic acids is 1. The molecule has 4 rings (SSSR count). The highest BCUT2D eigenvalue weighted by Crippen LogP contribution is 2.23. The normalized spacial score (nSPS) is 11.8. The molecule has 156 valence electrons. The number of carbonyl (C=O) groups is 2. The maximum Gasteiger partial charge on any atom is 0.328 e. The zero-order chi connectivity index (χ0) is 21.8. The monoisotopic (exact) mass is 415 g/mol. The molecule has 0 bridgehead atoms. The standard InChI is InChI=1S/C23H21N5O3/c1-16(23(30)31)28-20(12-13-25-28)22(29)24-14-18-15-27(19-10-6-3-7-11-19)26-21(18)17-8-4-2-5-9-17/h2-13,15-16H,14H2,1H3,(H,24,29)(H,30,31). The summed E-state index contributed by atoms with van der Waals surface area (Å²) in [6.45, 7) is 1.70. The Balaban J connectivity index is 1.61. The van der Waals surface area contributed by atoms with Crippen molar-refractivity contribution in [2.24, 2.45) is 0 Å². The van der Waals surface area contributed by atoms with Crippen LogP contribution in [0.15, 0.2) is 79.1 Å². The molecule has 0 radical (unpaired) electrons. The Hall–Kier alpha value is -4.20. The first kappa shape index (κ1) is 20.1. The van der Waals surface area contributed by atoms with Gasteiger partial charge in [-0.1, -0.05) is 48.5 Å². The van der Waals surface area contributed by atoms with Crippen molar-refractivity contribution in [1.82, 2.24) is 24.9 Å². The van der Waals surface area contributed by atoms with Crippen LogP contribution in [0.5, 0.6) is 0 Å². The predicted molar refractivity (Wildman–Crippen MR) is 115 cm³/mol. The van der Waals surface area contributed by atoms with Gasteiger partial charge in [0.15, 0.2) is 0 Å². The van der Waals surface area contributed by atoms with E-state index in [0.717, 1.165) is 22.5 Å². The summed E-state index contributed by atoms with van der Waals surface area (Å²) in [6.07, 6.45) is 3.30. The van der Waals surface area contributed by atoms with Crippen molar-refractivity contribution in [2.45, 2.75) is 19.5 Å². The number of carboxylic acids is 1. The molecule has 0 saturated heterocycles. The molecule has 2 aromatic heterocycles. The maximum absolute atomic E-state index is 12.8. The second-order valence-corrected chi connectivity index (χ2v) is 7.01. The average Bonchev–Trinajstić information content (AvgIpc) is 3.46. The first-order chi connectivity index (χ1) is 15.0. The molecule has 2 heterocycles. The Morgan fingerprint density at radius 3 is 2.39 bits per heavy atom. The van der Waals surface area contributed by atoms with Gasteiger partial charge < -0.3 is 10.4 Å². The molecular weight excluding hydrogens is 394 g/mol. The van der Waals surface area contributed by atoms with E-state index >= 15 is 0 Å². The molecule has 0 aliphatic carbocycles. The number of benzene rings is 2. The highest BCUT2D eigenvalue weighted by Gasteiger charge is 2.21. The number of hydrogen-bond acceptors (Lipinski definition) is 4. The third-order valence-corrected chi connectivity index (χ3v) is 4.92. The first-order valence-electron chi connectivity index (χ1n) is 9.78. The molecule has 4 aromatic rings. The molecular formula is C23H21N5O3. The Labute approximate surface area is 178 Å². The van der Waals surface area contributed by atoms with Gasteiger partial charge in [-0.2, -0.15) is 10.2 Å². The van der Waals surface area contributed by atoms with Crippen LogP contribution in [0.25, 0.3) is 16.9 Å². The molecule has 1 unspecified atom stereocenters. The summed E-state index contributed by atoms with van der Waals surface area (Å²) in [5.41, 5.74) is 3.63. The van der Waals surface area contributed by atoms with Crippen LogP contribution in [0, 0.1) is 0 Å². The molecule has 1 amide bonds. The molecule has 0 spiro atoms. The van der Waals surface area contributed by atoms with Gasteiger partial charge in [-0.3, -0.25) is 4.79 Å². The number of aliphatic carboxylic acids is 1. The van der Waals surface area contributed by atoms with Gasteiger partial charge in [0, 0.05) is 30.1 Å². The number of nitrogens with one attached hydrogen (secondary N) is 1. The van der Waals surface area contributed by atoms with Crippen LogP contribution in [0.2, 0.25) is 0 Å². The lowest BCUT2D eigenvalue weighted by Gasteiger charge is -2.11. The SMILES string of the molecule is CC(C(=O)O)n1nccc1C(=O)NCc1cn(-c2ccccc2)nc1-c1ccccc1. The van der Waals surface area contributed by atoms with Crippen LogP contribution in [0.3, 0.4) is 0 Å². The van der Waals surface area contributed by atoms with E-state index in [0.29, 0.717) is 0 Å². The van der Waals surface area contributed by atoms with E-state index in [4.69, 9.17) is 5.10 Å². The Kier molecular flexibility index (Phi) is 5.61. The highest BCUT2D eigenvalue weighted by molar-refractivity contribution is 5.93. The predicted octanol–water partition coefficient (Wildman–Crippen LogP) is 3.31. The third kappa shape index (κ3) is 4.23. The second kappa shape index (κ2) is 8.66. The van der Waals surface area contributed by atoms with Crippen LogP contribution in [-0.4, -0.2) is 36.5 Å². The number of aromatic nitrogens is 4. The lowest BCUT2D eigenvalue weighted by molar-refractivity contribution is -0.140. The fourth-order valence-corrected chi connectivity index (χ4v) is 3.26. The van der Waals surface area contributed by atoms with Crippen LogP contribution >= 0.6 is 0 Å². The molecule has 2 N–H and O–H groups in total. The lowest BCUT2D eigenvalue weighted by atomic mass is 10.1. The number of rotatable bonds is 7. The Bertz CT molecular complexity index is 1200. The number of hydrogen-bond donors (Lipinski definition) is 2. The van der Waals surface area contributed by atoms with Gasteiger partial charge in [-0.25, -0.2) is 14.2 Å². The van der Waals surface area contributed by atoms with Gasteiger partial charge in [0.1, 0.15) is 11.7 Å². The van der Waals surface area contributed by atoms with Gasteiger partial charge >= 0.3 is 5.97 Å². The minimum atomic E-state index is -1.06. The smallest absolute Gasteiger partial charge is 0.328 e. The number of amides is 1. The van der Waals surface area contributed by atoms with Crippen molar-refractivity contribution < 1.29 is 14.7 Å². The van der Waals surface area contributed by atoms with Crippen molar-refractivity contribution in [1.29, 1.82) is 0 Å². The van der Waals surface area contributed by atoms with Crippen LogP contribution in [0.4, 0.5) is 0 Å². The minimum Gasteiger partial charge on any atom is -0.480 e. The van der Waals surface area contributed by atoms with E-state index in [1.165, 1.54) is 23.9 Å². The van der Waals surface area contributed by atoms with E-state index in [1.807, 2.05) is 66.9 Å². The zero-order valence-electron chi connectivity index (χ0n) is 16.8. The van der Waals surface area contributed by atoms with Gasteiger partial charge in [0.05, 0.1) is 11.4 Å². The van der Waals surface area contributed by atoms with E-state index in [-0.39, 0.29) is 12.2 Å². The van der Waals surface area contributed by atoms with Crippen molar-refractivity contribution in [3.05, 3.63) is 90.4 Å². The molecule has 0 aliphatic heterocycles. The quantitative estimate of drug-likeness (QED) is 0.482. The lowest BCUT2D eigenvalue weighted by Crippen LogP contribution is -2.28. The molecule has 8 nitrogen and oxygen atoms in total. The number of para-hydroxylation sites is 1. The first-order valence-corrected chi connectivity index (χ1v) is 9.78. The summed E-state index contributed by atoms with van der Waals surface area (Å²) < 4.78 is 2.98. The summed E-state index contributed by atoms with van der Waals surface area (Å²) in [5, 5.41) is 20.8. The fraction of sp³-hybridized carbons (Fsp3) is 0.130. The molecule has 0 saturated carbocycles. The van der Waals surface area contributed by atoms with Crippen molar-refractivity contribution >= 4 is 11.9 Å². The minimum absolute atomic E-state index is 0.187. The van der Waals surface area contributed by atoms with Crippen molar-refractivity contribution in [3.8, 4) is 16.9 Å². The maximum atomic E-state index is 12.8. The van der Waals surface area contributed by atoms with E-state index in [2.05, 4.69) is 10.4 Å². The van der Waals surface area contributed by atoms with Gasteiger partial charge in [0.25, 0.3) is 5.91 Å². The largest absolute Gasteiger partial charge is 0.480 e. The van der Waals surface area contributed by atoms with Crippen LogP contribution < -0.4 is 5.32 Å². The molecule has 2 aromatic carbocycles. The van der Waals surface area contributed by atoms with E-state index < -0.39 is 17.9 Å². The topological polar surface area (TPSA) is 102 Å². The molecule has 8 heteroatoms. The molecule has 31 heavy (non-hydrogen) atoms. The summed E-state index contributed by atoms with van der Waals surface area (Å²) in [7, 11) is 0. The molecule has 1 atom stereocenters. The summed E-state index contributed by atoms with van der Waals surface area (Å²) in [4.78, 5) is 24.0. The second-order valence-electron chi connectivity index (χ2n) is 7.01. The Morgan fingerprint density at radius 1 is 1.03 bits per heavy atom. The van der Waals surface area contributed by atoms with E-state index in [1.54, 1.807) is 4.68 Å². The van der Waals surface area contributed by atoms with Gasteiger partial charge in [0.2, 0.25) is 0 Å². The van der Waals surface area contributed by atoms with Crippen LogP contribution in [-0.2, 0) is 11.3 Å². The highest BCUT2D eigenvalue weighted by atomic mass is 16.4. The third-order valence-electron chi connectivity index (χ3n) is 4.92. The van der Waals surface area contributed by atoms with E-state index in [9.17, 15) is 14.7 Å². The molecule has 0 fully saturated rings. The zero-order valence-corrected chi connectivity index (χ0v) is 16.8. The van der Waals surface area contributed by atoms with Crippen molar-refractivity contribution in [3.63, 3.8) is 0 Å². The van der Waals surface area contributed by atoms with Gasteiger partial charge in [-0.05, 0) is 25.1 Å². The fourth-order valence-electron chi connectivity index (χ4n) is 3.26.